The topological polar surface area (TPSA) is 208 Å². The van der Waals surface area contributed by atoms with Crippen molar-refractivity contribution in [2.75, 3.05) is 33.5 Å². The van der Waals surface area contributed by atoms with Crippen molar-refractivity contribution in [2.45, 2.75) is 135 Å². The molecule has 4 aliphatic heterocycles. The summed E-state index contributed by atoms with van der Waals surface area (Å²) in [5.41, 5.74) is 2.42. The molecule has 5 aromatic carbocycles. The van der Waals surface area contributed by atoms with Crippen molar-refractivity contribution in [3.8, 4) is 0 Å². The predicted octanol–water partition coefficient (Wildman–Crippen LogP) is 9.52. The van der Waals surface area contributed by atoms with E-state index in [0.717, 1.165) is 5.56 Å². The molecule has 4 aliphatic rings. The molecule has 18 nitrogen and oxygen atoms in total. The van der Waals surface area contributed by atoms with Gasteiger partial charge in [0.2, 0.25) is 0 Å². The van der Waals surface area contributed by atoms with Gasteiger partial charge in [0, 0.05) is 30.8 Å². The van der Waals surface area contributed by atoms with Gasteiger partial charge in [0.05, 0.1) is 66.5 Å². The molecule has 0 bridgehead atoms. The summed E-state index contributed by atoms with van der Waals surface area (Å²) < 4.78 is 83.6. The van der Waals surface area contributed by atoms with E-state index >= 15 is 0 Å². The summed E-state index contributed by atoms with van der Waals surface area (Å²) in [6.45, 7) is 13.5. The lowest BCUT2D eigenvalue weighted by atomic mass is 9.82. The van der Waals surface area contributed by atoms with Crippen LogP contribution in [0.4, 0.5) is 0 Å². The third kappa shape index (κ3) is 15.6. The Bertz CT molecular complexity index is 2880. The van der Waals surface area contributed by atoms with Gasteiger partial charge in [-0.25, -0.2) is 19.2 Å². The summed E-state index contributed by atoms with van der Waals surface area (Å²) in [4.78, 5) is 53.9. The largest absolute Gasteiger partial charge is 0.459 e. The summed E-state index contributed by atoms with van der Waals surface area (Å²) in [7, 11) is 1.49. The minimum Gasteiger partial charge on any atom is -0.459 e. The van der Waals surface area contributed by atoms with Crippen molar-refractivity contribution in [1.82, 2.24) is 0 Å². The summed E-state index contributed by atoms with van der Waals surface area (Å²) >= 11 is 0. The van der Waals surface area contributed by atoms with Gasteiger partial charge in [-0.05, 0) is 71.8 Å². The van der Waals surface area contributed by atoms with Crippen LogP contribution in [0, 0.1) is 41.4 Å². The van der Waals surface area contributed by atoms with Crippen molar-refractivity contribution in [2.24, 2.45) is 41.4 Å². The smallest absolute Gasteiger partial charge is 0.338 e. The van der Waals surface area contributed by atoms with Crippen LogP contribution in [0.5, 0.6) is 0 Å². The van der Waals surface area contributed by atoms with E-state index in [1.54, 1.807) is 103 Å². The maximum absolute atomic E-state index is 13.8. The molecule has 0 saturated carbocycles. The molecule has 1 N–H and O–H groups in total. The molecule has 4 fully saturated rings. The Morgan fingerprint density at radius 2 is 0.776 bits per heavy atom. The van der Waals surface area contributed by atoms with Gasteiger partial charge < -0.3 is 66.7 Å². The van der Waals surface area contributed by atoms with Gasteiger partial charge in [-0.1, -0.05) is 152 Å². The molecule has 85 heavy (non-hydrogen) atoms. The first kappa shape index (κ1) is 63.1. The molecule has 5 aromatic rings. The fourth-order valence-electron chi connectivity index (χ4n) is 11.4. The van der Waals surface area contributed by atoms with Gasteiger partial charge in [0.25, 0.3) is 0 Å². The summed E-state index contributed by atoms with van der Waals surface area (Å²) in [6.07, 6.45) is -12.3. The van der Waals surface area contributed by atoms with Crippen LogP contribution in [0.15, 0.2) is 152 Å². The second kappa shape index (κ2) is 29.8. The van der Waals surface area contributed by atoms with Crippen LogP contribution in [-0.4, -0.2) is 143 Å². The quantitative estimate of drug-likeness (QED) is 0.0505. The maximum Gasteiger partial charge on any atom is 0.338 e. The van der Waals surface area contributed by atoms with Crippen molar-refractivity contribution >= 4 is 23.9 Å². The van der Waals surface area contributed by atoms with E-state index in [2.05, 4.69) is 0 Å². The molecule has 456 valence electrons. The number of aliphatic hydroxyl groups is 1. The molecule has 0 spiro atoms. The lowest BCUT2D eigenvalue weighted by Crippen LogP contribution is -2.61. The van der Waals surface area contributed by atoms with Gasteiger partial charge in [-0.2, -0.15) is 0 Å². The van der Waals surface area contributed by atoms with Crippen molar-refractivity contribution in [3.05, 3.63) is 179 Å². The molecular weight excluding hydrogens is 1090 g/mol. The number of carbonyl (C=O) groups excluding carboxylic acids is 4. The number of ether oxygens (including phenoxy) is 13. The SMILES string of the molecule is CO[C@H]1OC(CO[C@@H]2OC(COCc3ccccc3)[C@@H](O[C@@H]3O[C@@H](COC(=O)c4ccccc4)[C@H](C)C(C)C3OC(=O)c3ccccc3)[C@H](C)C2C)[C@H](O)[C@H](O[C@@H]2OC(COC(=O)c3ccccc3)[C@H](C)[C@H](C)C2OC(=O)c2ccccc2)C1C. The zero-order chi connectivity index (χ0) is 60.1. The van der Waals surface area contributed by atoms with Crippen LogP contribution < -0.4 is 0 Å². The van der Waals surface area contributed by atoms with E-state index < -0.39 is 110 Å². The first-order valence-electron chi connectivity index (χ1n) is 29.4. The number of benzene rings is 5. The minimum absolute atomic E-state index is 0.0460. The van der Waals surface area contributed by atoms with E-state index in [-0.39, 0.29) is 68.5 Å². The fourth-order valence-corrected chi connectivity index (χ4v) is 11.4. The van der Waals surface area contributed by atoms with Gasteiger partial charge in [0.1, 0.15) is 31.5 Å². The highest BCUT2D eigenvalue weighted by atomic mass is 16.8. The summed E-state index contributed by atoms with van der Waals surface area (Å²) in [5.74, 6) is -4.71. The fraction of sp³-hybridized carbons (Fsp3) is 0.493. The number of rotatable bonds is 22. The molecule has 0 aliphatic carbocycles. The first-order valence-corrected chi connectivity index (χ1v) is 29.4. The summed E-state index contributed by atoms with van der Waals surface area (Å²) in [5, 5.41) is 12.4. The Morgan fingerprint density at radius 3 is 1.22 bits per heavy atom. The molecule has 18 heteroatoms. The summed E-state index contributed by atoms with van der Waals surface area (Å²) in [6, 6.07) is 44.4. The van der Waals surface area contributed by atoms with E-state index in [0.29, 0.717) is 22.3 Å². The maximum atomic E-state index is 13.8. The standard InChI is InChI=1S/C67H80O18/c1-39-41(3)58(82-62(71)49-30-20-12-21-31-49)66(78-51(39)36-75-60(69)47-26-16-10-17-27-47)84-56-43(5)44(6)65(81-54(56)35-74-34-46-24-14-9-15-25-46)77-38-53-55(68)57(45(7)64(73-8)80-53)85-67-59(83-63(72)50-32-22-13-23-33-50)42(4)40(2)52(79-67)37-76-61(70)48-28-18-11-19-29-48/h9-33,39-45,51-59,64-68H,34-38H2,1-8H3/t39-,40-,41?,42+,43-,44?,45?,51+,52?,53?,54?,55+,56+,57-,58?,59?,64+,65-,66+,67+/m1/s1. The number of hydrogen-bond donors (Lipinski definition) is 1. The molecule has 8 unspecified atom stereocenters. The van der Waals surface area contributed by atoms with Crippen LogP contribution in [0.2, 0.25) is 0 Å². The zero-order valence-corrected chi connectivity index (χ0v) is 49.4. The average Bonchev–Trinajstić information content (AvgIpc) is 3.71. The molecule has 4 saturated heterocycles. The van der Waals surface area contributed by atoms with Gasteiger partial charge in [-0.3, -0.25) is 0 Å². The molecule has 0 amide bonds. The second-order valence-electron chi connectivity index (χ2n) is 22.8. The van der Waals surface area contributed by atoms with E-state index in [9.17, 15) is 24.3 Å². The highest BCUT2D eigenvalue weighted by Crippen LogP contribution is 2.42. The lowest BCUT2D eigenvalue weighted by Gasteiger charge is -2.49. The highest BCUT2D eigenvalue weighted by Gasteiger charge is 2.53. The Hall–Kier alpha value is -6.42. The van der Waals surface area contributed by atoms with Crippen LogP contribution in [0.3, 0.4) is 0 Å². The van der Waals surface area contributed by atoms with E-state index in [1.807, 2.05) is 97.0 Å². The Kier molecular flexibility index (Phi) is 22.1. The number of hydrogen-bond acceptors (Lipinski definition) is 18. The molecule has 0 radical (unpaired) electrons. The predicted molar refractivity (Wildman–Crippen MR) is 308 cm³/mol. The number of aliphatic hydroxyl groups excluding tert-OH is 1. The molecule has 20 atom stereocenters. The van der Waals surface area contributed by atoms with Crippen LogP contribution >= 0.6 is 0 Å². The number of carbonyl (C=O) groups is 4. The van der Waals surface area contributed by atoms with Gasteiger partial charge in [0.15, 0.2) is 37.4 Å². The highest BCUT2D eigenvalue weighted by molar-refractivity contribution is 5.91. The zero-order valence-electron chi connectivity index (χ0n) is 49.4. The molecule has 4 heterocycles. The Labute approximate surface area is 497 Å². The van der Waals surface area contributed by atoms with Gasteiger partial charge in [-0.15, -0.1) is 0 Å². The minimum atomic E-state index is -1.35. The first-order chi connectivity index (χ1) is 41.1. The van der Waals surface area contributed by atoms with Crippen molar-refractivity contribution in [1.29, 1.82) is 0 Å². The monoisotopic (exact) mass is 1170 g/mol. The molecule has 9 rings (SSSR count). The van der Waals surface area contributed by atoms with Crippen LogP contribution in [-0.2, 0) is 68.2 Å². The lowest BCUT2D eigenvalue weighted by molar-refractivity contribution is -0.353. The normalized spacial score (nSPS) is 33.0. The molecular formula is C67H80O18. The number of methoxy groups -OCH3 is 1. The third-order valence-corrected chi connectivity index (χ3v) is 17.4. The van der Waals surface area contributed by atoms with Crippen LogP contribution in [0.1, 0.15) is 95.5 Å². The van der Waals surface area contributed by atoms with E-state index in [1.165, 1.54) is 7.11 Å². The van der Waals surface area contributed by atoms with Gasteiger partial charge >= 0.3 is 23.9 Å². The van der Waals surface area contributed by atoms with Crippen molar-refractivity contribution in [3.63, 3.8) is 0 Å². The third-order valence-electron chi connectivity index (χ3n) is 17.4. The van der Waals surface area contributed by atoms with E-state index in [4.69, 9.17) is 61.6 Å². The number of esters is 4. The Morgan fingerprint density at radius 1 is 0.388 bits per heavy atom. The molecule has 0 aromatic heterocycles. The second-order valence-corrected chi connectivity index (χ2v) is 22.8. The van der Waals surface area contributed by atoms with Crippen molar-refractivity contribution < 1.29 is 85.9 Å². The average molecular weight is 1170 g/mol. The Balaban J connectivity index is 0.932. The van der Waals surface area contributed by atoms with Crippen LogP contribution in [0.25, 0.3) is 0 Å².